The van der Waals surface area contributed by atoms with Crippen LogP contribution in [0.5, 0.6) is 0 Å². The molecule has 0 saturated carbocycles. The van der Waals surface area contributed by atoms with Crippen LogP contribution in [-0.4, -0.2) is 49.9 Å². The van der Waals surface area contributed by atoms with Crippen molar-refractivity contribution in [2.45, 2.75) is 32.9 Å². The molecule has 4 heterocycles. The minimum Gasteiger partial charge on any atom is -0.364 e. The van der Waals surface area contributed by atoms with Crippen LogP contribution >= 0.6 is 11.3 Å². The first-order valence-electron chi connectivity index (χ1n) is 8.37. The van der Waals surface area contributed by atoms with Crippen LogP contribution in [0.3, 0.4) is 0 Å². The van der Waals surface area contributed by atoms with Gasteiger partial charge in [0.2, 0.25) is 0 Å². The van der Waals surface area contributed by atoms with Crippen molar-refractivity contribution < 1.29 is 0 Å². The molecule has 0 amide bonds. The summed E-state index contributed by atoms with van der Waals surface area (Å²) in [7, 11) is 0. The molecule has 0 bridgehead atoms. The van der Waals surface area contributed by atoms with Crippen molar-refractivity contribution in [2.24, 2.45) is 5.92 Å². The van der Waals surface area contributed by atoms with Crippen LogP contribution in [-0.2, 0) is 0 Å². The van der Waals surface area contributed by atoms with E-state index in [0.29, 0.717) is 18.0 Å². The maximum absolute atomic E-state index is 4.73. The fraction of sp³-hybridized carbons (Fsp3) is 0.471. The number of fused-ring (bicyclic) bond motifs is 1. The molecule has 1 aliphatic heterocycles. The molecule has 24 heavy (non-hydrogen) atoms. The number of thiophene rings is 1. The summed E-state index contributed by atoms with van der Waals surface area (Å²) in [5, 5.41) is 20.9. The number of hydrogen-bond acceptors (Lipinski definition) is 6. The lowest BCUT2D eigenvalue weighted by Crippen LogP contribution is -2.31. The summed E-state index contributed by atoms with van der Waals surface area (Å²) in [6.45, 7) is 8.99. The van der Waals surface area contributed by atoms with Gasteiger partial charge in [-0.05, 0) is 43.3 Å². The van der Waals surface area contributed by atoms with Gasteiger partial charge in [0.25, 0.3) is 0 Å². The van der Waals surface area contributed by atoms with Gasteiger partial charge in [-0.15, -0.1) is 15.3 Å². The van der Waals surface area contributed by atoms with E-state index in [1.165, 1.54) is 0 Å². The molecular weight excluding hydrogens is 320 g/mol. The second kappa shape index (κ2) is 6.14. The first-order valence-corrected chi connectivity index (χ1v) is 9.31. The van der Waals surface area contributed by atoms with E-state index in [1.807, 2.05) is 28.1 Å². The van der Waals surface area contributed by atoms with Crippen LogP contribution in [0.25, 0.3) is 17.0 Å². The molecule has 0 spiro atoms. The van der Waals surface area contributed by atoms with Crippen LogP contribution in [0.15, 0.2) is 29.0 Å². The standard InChI is InChI=1S/C17H22N6S/c1-11(2)22-8-12(3)14(9-22)18-15-4-5-16-19-20-17(23(16)21-15)13-6-7-24-10-13/h4-7,10-12,14H,8-9H2,1-3H3,(H,18,21). The van der Waals surface area contributed by atoms with Gasteiger partial charge in [0.1, 0.15) is 5.82 Å². The SMILES string of the molecule is CC1CN(C(C)C)CC1Nc1ccc2nnc(-c3ccsc3)n2n1. The quantitative estimate of drug-likeness (QED) is 0.790. The zero-order valence-corrected chi connectivity index (χ0v) is 15.0. The average Bonchev–Trinajstić information content (AvgIpc) is 3.27. The van der Waals surface area contributed by atoms with Crippen LogP contribution < -0.4 is 5.32 Å². The Labute approximate surface area is 145 Å². The molecule has 1 fully saturated rings. The number of hydrogen-bond donors (Lipinski definition) is 1. The van der Waals surface area contributed by atoms with Crippen LogP contribution in [0.1, 0.15) is 20.8 Å². The number of aromatic nitrogens is 4. The molecule has 2 unspecified atom stereocenters. The van der Waals surface area contributed by atoms with Gasteiger partial charge in [0.15, 0.2) is 11.5 Å². The first kappa shape index (κ1) is 15.5. The molecular formula is C17H22N6S. The highest BCUT2D eigenvalue weighted by Gasteiger charge is 2.31. The highest BCUT2D eigenvalue weighted by atomic mass is 32.1. The molecule has 1 saturated heterocycles. The Bertz CT molecular complexity index is 825. The molecule has 3 aromatic rings. The summed E-state index contributed by atoms with van der Waals surface area (Å²) < 4.78 is 1.82. The van der Waals surface area contributed by atoms with Crippen molar-refractivity contribution in [2.75, 3.05) is 18.4 Å². The summed E-state index contributed by atoms with van der Waals surface area (Å²) in [6.07, 6.45) is 0. The Morgan fingerprint density at radius 1 is 1.21 bits per heavy atom. The third kappa shape index (κ3) is 2.78. The summed E-state index contributed by atoms with van der Waals surface area (Å²) in [4.78, 5) is 2.51. The molecule has 2 atom stereocenters. The van der Waals surface area contributed by atoms with E-state index >= 15 is 0 Å². The minimum absolute atomic E-state index is 0.415. The number of anilines is 1. The van der Waals surface area contributed by atoms with E-state index in [2.05, 4.69) is 46.6 Å². The predicted molar refractivity (Wildman–Crippen MR) is 97.4 cm³/mol. The second-order valence-corrected chi connectivity index (χ2v) is 7.58. The van der Waals surface area contributed by atoms with Crippen LogP contribution in [0, 0.1) is 5.92 Å². The van der Waals surface area contributed by atoms with E-state index in [9.17, 15) is 0 Å². The van der Waals surface area contributed by atoms with Gasteiger partial charge >= 0.3 is 0 Å². The lowest BCUT2D eigenvalue weighted by atomic mass is 10.1. The molecule has 7 heteroatoms. The van der Waals surface area contributed by atoms with Gasteiger partial charge in [0, 0.05) is 36.1 Å². The van der Waals surface area contributed by atoms with Crippen molar-refractivity contribution in [1.29, 1.82) is 0 Å². The molecule has 0 aromatic carbocycles. The van der Waals surface area contributed by atoms with E-state index < -0.39 is 0 Å². The van der Waals surface area contributed by atoms with E-state index in [1.54, 1.807) is 11.3 Å². The predicted octanol–water partition coefficient (Wildman–Crippen LogP) is 2.99. The molecule has 0 radical (unpaired) electrons. The van der Waals surface area contributed by atoms with Gasteiger partial charge in [0.05, 0.1) is 0 Å². The normalized spacial score (nSPS) is 21.8. The van der Waals surface area contributed by atoms with Gasteiger partial charge < -0.3 is 5.32 Å². The summed E-state index contributed by atoms with van der Waals surface area (Å²) in [5.41, 5.74) is 1.82. The first-order chi connectivity index (χ1) is 11.6. The summed E-state index contributed by atoms with van der Waals surface area (Å²) in [6, 6.07) is 7.00. The maximum Gasteiger partial charge on any atom is 0.186 e. The molecule has 4 rings (SSSR count). The highest BCUT2D eigenvalue weighted by molar-refractivity contribution is 7.08. The third-order valence-corrected chi connectivity index (χ3v) is 5.43. The topological polar surface area (TPSA) is 58.3 Å². The van der Waals surface area contributed by atoms with Gasteiger partial charge in [-0.25, -0.2) is 0 Å². The lowest BCUT2D eigenvalue weighted by molar-refractivity contribution is 0.267. The molecule has 6 nitrogen and oxygen atoms in total. The van der Waals surface area contributed by atoms with Crippen molar-refractivity contribution in [3.63, 3.8) is 0 Å². The number of nitrogens with zero attached hydrogens (tertiary/aromatic N) is 5. The Hall–Kier alpha value is -1.99. The Morgan fingerprint density at radius 2 is 2.08 bits per heavy atom. The van der Waals surface area contributed by atoms with Gasteiger partial charge in [-0.3, -0.25) is 4.90 Å². The third-order valence-electron chi connectivity index (χ3n) is 4.75. The summed E-state index contributed by atoms with van der Waals surface area (Å²) in [5.74, 6) is 2.27. The smallest absolute Gasteiger partial charge is 0.186 e. The number of likely N-dealkylation sites (tertiary alicyclic amines) is 1. The minimum atomic E-state index is 0.415. The number of nitrogens with one attached hydrogen (secondary N) is 1. The molecule has 1 aliphatic rings. The zero-order chi connectivity index (χ0) is 16.7. The zero-order valence-electron chi connectivity index (χ0n) is 14.2. The second-order valence-electron chi connectivity index (χ2n) is 6.80. The van der Waals surface area contributed by atoms with E-state index in [-0.39, 0.29) is 0 Å². The number of rotatable bonds is 4. The van der Waals surface area contributed by atoms with Gasteiger partial charge in [-0.1, -0.05) is 6.92 Å². The maximum atomic E-state index is 4.73. The van der Waals surface area contributed by atoms with Gasteiger partial charge in [-0.2, -0.15) is 15.9 Å². The van der Waals surface area contributed by atoms with E-state index in [4.69, 9.17) is 5.10 Å². The van der Waals surface area contributed by atoms with E-state index in [0.717, 1.165) is 35.9 Å². The fourth-order valence-electron chi connectivity index (χ4n) is 3.24. The molecule has 0 aliphatic carbocycles. The highest BCUT2D eigenvalue weighted by Crippen LogP contribution is 2.24. The lowest BCUT2D eigenvalue weighted by Gasteiger charge is -2.20. The van der Waals surface area contributed by atoms with Crippen molar-refractivity contribution >= 4 is 22.8 Å². The van der Waals surface area contributed by atoms with Crippen molar-refractivity contribution in [1.82, 2.24) is 24.7 Å². The Morgan fingerprint density at radius 3 is 2.79 bits per heavy atom. The molecule has 3 aromatic heterocycles. The largest absolute Gasteiger partial charge is 0.364 e. The van der Waals surface area contributed by atoms with Crippen molar-refractivity contribution in [3.05, 3.63) is 29.0 Å². The summed E-state index contributed by atoms with van der Waals surface area (Å²) >= 11 is 1.65. The Balaban J connectivity index is 1.60. The van der Waals surface area contributed by atoms with Crippen LogP contribution in [0.4, 0.5) is 5.82 Å². The Kier molecular flexibility index (Phi) is 3.97. The average molecular weight is 342 g/mol. The molecule has 126 valence electrons. The monoisotopic (exact) mass is 342 g/mol. The fourth-order valence-corrected chi connectivity index (χ4v) is 3.88. The van der Waals surface area contributed by atoms with Crippen molar-refractivity contribution in [3.8, 4) is 11.4 Å². The molecule has 1 N–H and O–H groups in total. The van der Waals surface area contributed by atoms with Crippen LogP contribution in [0.2, 0.25) is 0 Å².